The summed E-state index contributed by atoms with van der Waals surface area (Å²) in [5.74, 6) is 0. The number of likely N-dealkylation sites (tertiary alicyclic amines) is 1. The molecule has 0 aromatic rings. The summed E-state index contributed by atoms with van der Waals surface area (Å²) in [6.45, 7) is 6.35. The lowest BCUT2D eigenvalue weighted by molar-refractivity contribution is 0.0527. The van der Waals surface area contributed by atoms with Crippen molar-refractivity contribution in [2.75, 3.05) is 13.2 Å². The predicted octanol–water partition coefficient (Wildman–Crippen LogP) is 2.86. The van der Waals surface area contributed by atoms with Gasteiger partial charge in [0, 0.05) is 6.54 Å². The number of hydrogen-bond acceptors (Lipinski definition) is 3. The molecule has 1 aliphatic heterocycles. The zero-order valence-corrected chi connectivity index (χ0v) is 10.4. The Kier molecular flexibility index (Phi) is 5.02. The van der Waals surface area contributed by atoms with Crippen molar-refractivity contribution in [1.82, 2.24) is 4.90 Å². The first-order chi connectivity index (χ1) is 8.20. The van der Waals surface area contributed by atoms with Crippen molar-refractivity contribution in [3.05, 3.63) is 12.7 Å². The summed E-state index contributed by atoms with van der Waals surface area (Å²) < 4.78 is 5.05. The topological polar surface area (TPSA) is 53.3 Å². The molecular formula is C13H20N2O2. The molecule has 94 valence electrons. The molecule has 1 unspecified atom stereocenters. The second-order valence-electron chi connectivity index (χ2n) is 4.37. The zero-order valence-electron chi connectivity index (χ0n) is 10.4. The number of nitriles is 1. The van der Waals surface area contributed by atoms with Gasteiger partial charge in [-0.05, 0) is 25.7 Å². The van der Waals surface area contributed by atoms with Crippen LogP contribution in [0, 0.1) is 11.3 Å². The molecule has 1 amide bonds. The fourth-order valence-corrected chi connectivity index (χ4v) is 2.36. The molecule has 0 N–H and O–H groups in total. The number of rotatable bonds is 4. The lowest BCUT2D eigenvalue weighted by atomic mass is 9.84. The maximum Gasteiger partial charge on any atom is 0.411 e. The number of hydrogen-bond donors (Lipinski definition) is 0. The van der Waals surface area contributed by atoms with Crippen LogP contribution in [0.1, 0.15) is 39.0 Å². The van der Waals surface area contributed by atoms with Gasteiger partial charge >= 0.3 is 6.09 Å². The molecule has 0 saturated carbocycles. The van der Waals surface area contributed by atoms with E-state index in [4.69, 9.17) is 4.74 Å². The van der Waals surface area contributed by atoms with E-state index in [0.29, 0.717) is 13.0 Å². The van der Waals surface area contributed by atoms with E-state index in [0.717, 1.165) is 25.7 Å². The average molecular weight is 236 g/mol. The second-order valence-corrected chi connectivity index (χ2v) is 4.37. The van der Waals surface area contributed by atoms with Gasteiger partial charge < -0.3 is 4.74 Å². The molecule has 0 aromatic heterocycles. The van der Waals surface area contributed by atoms with Gasteiger partial charge in [-0.25, -0.2) is 4.79 Å². The van der Waals surface area contributed by atoms with E-state index in [9.17, 15) is 10.1 Å². The summed E-state index contributed by atoms with van der Waals surface area (Å²) in [4.78, 5) is 13.5. The van der Waals surface area contributed by atoms with Gasteiger partial charge in [-0.3, -0.25) is 4.90 Å². The molecule has 17 heavy (non-hydrogen) atoms. The summed E-state index contributed by atoms with van der Waals surface area (Å²) in [6, 6.07) is 2.33. The van der Waals surface area contributed by atoms with Crippen LogP contribution in [0.25, 0.3) is 0 Å². The second kappa shape index (κ2) is 6.29. The molecule has 0 radical (unpaired) electrons. The van der Waals surface area contributed by atoms with E-state index >= 15 is 0 Å². The van der Waals surface area contributed by atoms with E-state index < -0.39 is 5.54 Å². The number of carbonyl (C=O) groups excluding carboxylic acids is 1. The van der Waals surface area contributed by atoms with Gasteiger partial charge in [0.05, 0.1) is 6.07 Å². The van der Waals surface area contributed by atoms with E-state index in [-0.39, 0.29) is 12.7 Å². The maximum absolute atomic E-state index is 11.9. The lowest BCUT2D eigenvalue weighted by Gasteiger charge is -2.41. The minimum Gasteiger partial charge on any atom is -0.445 e. The van der Waals surface area contributed by atoms with Crippen LogP contribution in [0.5, 0.6) is 0 Å². The monoisotopic (exact) mass is 236 g/mol. The Hall–Kier alpha value is -1.50. The van der Waals surface area contributed by atoms with Crippen LogP contribution in [0.3, 0.4) is 0 Å². The Balaban J connectivity index is 2.80. The van der Waals surface area contributed by atoms with Crippen LogP contribution in [0.4, 0.5) is 4.79 Å². The Bertz CT molecular complexity index is 318. The summed E-state index contributed by atoms with van der Waals surface area (Å²) in [5, 5.41) is 9.40. The van der Waals surface area contributed by atoms with Crippen LogP contribution in [0.15, 0.2) is 12.7 Å². The Labute approximate surface area is 103 Å². The molecule has 4 nitrogen and oxygen atoms in total. The Morgan fingerprint density at radius 1 is 1.65 bits per heavy atom. The molecule has 4 heteroatoms. The van der Waals surface area contributed by atoms with Crippen LogP contribution >= 0.6 is 0 Å². The van der Waals surface area contributed by atoms with Crippen molar-refractivity contribution >= 4 is 6.09 Å². The third kappa shape index (κ3) is 3.00. The zero-order chi connectivity index (χ0) is 12.7. The number of amides is 1. The molecule has 0 spiro atoms. The molecular weight excluding hydrogens is 216 g/mol. The fraction of sp³-hybridized carbons (Fsp3) is 0.692. The van der Waals surface area contributed by atoms with E-state index in [2.05, 4.69) is 12.6 Å². The smallest absolute Gasteiger partial charge is 0.411 e. The lowest BCUT2D eigenvalue weighted by Crippen LogP contribution is -2.53. The first-order valence-corrected chi connectivity index (χ1v) is 6.16. The first-order valence-electron chi connectivity index (χ1n) is 6.16. The third-order valence-electron chi connectivity index (χ3n) is 3.16. The van der Waals surface area contributed by atoms with Gasteiger partial charge in [0.2, 0.25) is 0 Å². The molecule has 1 aliphatic rings. The molecule has 1 fully saturated rings. The Morgan fingerprint density at radius 2 is 2.41 bits per heavy atom. The van der Waals surface area contributed by atoms with E-state index in [1.807, 2.05) is 6.92 Å². The first kappa shape index (κ1) is 13.6. The minimum absolute atomic E-state index is 0.197. The SMILES string of the molecule is C=CCOC(=O)N1CCCCC1(C#N)CCC. The van der Waals surface area contributed by atoms with Crippen molar-refractivity contribution in [2.45, 2.75) is 44.6 Å². The molecule has 0 aromatic carbocycles. The van der Waals surface area contributed by atoms with Gasteiger partial charge in [0.1, 0.15) is 12.1 Å². The molecule has 1 rings (SSSR count). The molecule has 0 aliphatic carbocycles. The van der Waals surface area contributed by atoms with Gasteiger partial charge in [-0.15, -0.1) is 0 Å². The standard InChI is InChI=1S/C13H20N2O2/c1-3-7-13(11-14)8-5-6-9-15(13)12(16)17-10-4-2/h4H,2-3,5-10H2,1H3. The summed E-state index contributed by atoms with van der Waals surface area (Å²) >= 11 is 0. The maximum atomic E-state index is 11.9. The highest BCUT2D eigenvalue weighted by atomic mass is 16.6. The van der Waals surface area contributed by atoms with Crippen LogP contribution in [-0.2, 0) is 4.74 Å². The summed E-state index contributed by atoms with van der Waals surface area (Å²) in [6.07, 6.45) is 5.44. The van der Waals surface area contributed by atoms with Crippen LogP contribution in [0.2, 0.25) is 0 Å². The highest BCUT2D eigenvalue weighted by Gasteiger charge is 2.41. The van der Waals surface area contributed by atoms with Crippen molar-refractivity contribution in [3.8, 4) is 6.07 Å². The number of nitrogens with zero attached hydrogens (tertiary/aromatic N) is 2. The molecule has 0 bridgehead atoms. The highest BCUT2D eigenvalue weighted by Crippen LogP contribution is 2.32. The van der Waals surface area contributed by atoms with Crippen molar-refractivity contribution in [3.63, 3.8) is 0 Å². The average Bonchev–Trinajstić information content (AvgIpc) is 2.36. The van der Waals surface area contributed by atoms with E-state index in [1.165, 1.54) is 6.08 Å². The van der Waals surface area contributed by atoms with Crippen molar-refractivity contribution in [2.24, 2.45) is 0 Å². The minimum atomic E-state index is -0.661. The number of ether oxygens (including phenoxy) is 1. The molecule has 1 atom stereocenters. The normalized spacial score (nSPS) is 23.9. The van der Waals surface area contributed by atoms with Gasteiger partial charge in [0.15, 0.2) is 0 Å². The van der Waals surface area contributed by atoms with E-state index in [1.54, 1.807) is 4.90 Å². The summed E-state index contributed by atoms with van der Waals surface area (Å²) in [7, 11) is 0. The predicted molar refractivity (Wildman–Crippen MR) is 65.4 cm³/mol. The van der Waals surface area contributed by atoms with Gasteiger partial charge in [-0.2, -0.15) is 5.26 Å². The van der Waals surface area contributed by atoms with Crippen LogP contribution in [-0.4, -0.2) is 29.7 Å². The number of piperidine rings is 1. The van der Waals surface area contributed by atoms with Crippen molar-refractivity contribution < 1.29 is 9.53 Å². The molecule has 1 heterocycles. The molecule has 1 saturated heterocycles. The van der Waals surface area contributed by atoms with Gasteiger partial charge in [0.25, 0.3) is 0 Å². The Morgan fingerprint density at radius 3 is 3.00 bits per heavy atom. The van der Waals surface area contributed by atoms with Crippen molar-refractivity contribution in [1.29, 1.82) is 5.26 Å². The van der Waals surface area contributed by atoms with Gasteiger partial charge in [-0.1, -0.05) is 26.0 Å². The fourth-order valence-electron chi connectivity index (χ4n) is 2.36. The third-order valence-corrected chi connectivity index (χ3v) is 3.16. The summed E-state index contributed by atoms with van der Waals surface area (Å²) in [5.41, 5.74) is -0.661. The number of carbonyl (C=O) groups is 1. The largest absolute Gasteiger partial charge is 0.445 e. The van der Waals surface area contributed by atoms with Crippen LogP contribution < -0.4 is 0 Å². The highest BCUT2D eigenvalue weighted by molar-refractivity contribution is 5.69. The quantitative estimate of drug-likeness (QED) is 0.705.